The first-order valence-electron chi connectivity index (χ1n) is 6.42. The molecule has 0 radical (unpaired) electrons. The summed E-state index contributed by atoms with van der Waals surface area (Å²) in [6.45, 7) is 7.23. The number of carbonyl (C=O) groups excluding carboxylic acids is 3. The van der Waals surface area contributed by atoms with E-state index in [2.05, 4.69) is 28.4 Å². The number of hydrogen-bond acceptors (Lipinski definition) is 9. The molecular weight excluding hydrogens is 288 g/mol. The van der Waals surface area contributed by atoms with Crippen LogP contribution in [0.3, 0.4) is 0 Å². The van der Waals surface area contributed by atoms with Crippen molar-refractivity contribution in [2.45, 2.75) is 26.9 Å². The molecule has 2 heterocycles. The molecular formula is C12H20O9. The van der Waals surface area contributed by atoms with Gasteiger partial charge in [0.15, 0.2) is 0 Å². The average Bonchev–Trinajstić information content (AvgIpc) is 3.03. The standard InChI is InChI=1S/C5H10O3.C4H6O3.C3H4O3/c1-3-7-5(6)8-4-2;1-3-2-6-4(5)7-3;4-3-5-1-2-6-3/h3-4H2,1-2H3;3H,2H2,1H3;1-2H2. The van der Waals surface area contributed by atoms with Crippen LogP contribution >= 0.6 is 0 Å². The highest BCUT2D eigenvalue weighted by atomic mass is 16.8. The fourth-order valence-corrected chi connectivity index (χ4v) is 0.987. The van der Waals surface area contributed by atoms with Gasteiger partial charge in [0.05, 0.1) is 13.2 Å². The highest BCUT2D eigenvalue weighted by Crippen LogP contribution is 2.02. The van der Waals surface area contributed by atoms with Gasteiger partial charge in [0.25, 0.3) is 0 Å². The third-order valence-electron chi connectivity index (χ3n) is 1.78. The number of rotatable bonds is 2. The van der Waals surface area contributed by atoms with Gasteiger partial charge < -0.3 is 28.4 Å². The molecule has 122 valence electrons. The van der Waals surface area contributed by atoms with E-state index in [1.165, 1.54) is 0 Å². The Labute approximate surface area is 122 Å². The molecule has 0 amide bonds. The van der Waals surface area contributed by atoms with E-state index in [0.29, 0.717) is 33.0 Å². The van der Waals surface area contributed by atoms with E-state index in [0.717, 1.165) is 0 Å². The van der Waals surface area contributed by atoms with Gasteiger partial charge in [-0.25, -0.2) is 14.4 Å². The minimum absolute atomic E-state index is 0.0486. The van der Waals surface area contributed by atoms with Crippen LogP contribution in [-0.2, 0) is 28.4 Å². The van der Waals surface area contributed by atoms with E-state index >= 15 is 0 Å². The maximum atomic E-state index is 10.2. The van der Waals surface area contributed by atoms with Gasteiger partial charge in [-0.3, -0.25) is 0 Å². The van der Waals surface area contributed by atoms with Gasteiger partial charge in [-0.1, -0.05) is 0 Å². The molecule has 2 rings (SSSR count). The topological polar surface area (TPSA) is 107 Å². The highest BCUT2D eigenvalue weighted by molar-refractivity contribution is 5.61. The number of cyclic esters (lactones) is 4. The molecule has 0 saturated carbocycles. The molecule has 21 heavy (non-hydrogen) atoms. The minimum Gasteiger partial charge on any atom is -0.435 e. The summed E-state index contributed by atoms with van der Waals surface area (Å²) in [5.41, 5.74) is 0. The maximum absolute atomic E-state index is 10.2. The zero-order chi connectivity index (χ0) is 16.1. The third-order valence-corrected chi connectivity index (χ3v) is 1.78. The minimum atomic E-state index is -0.588. The van der Waals surface area contributed by atoms with Crippen LogP contribution in [0.25, 0.3) is 0 Å². The molecule has 0 spiro atoms. The first-order chi connectivity index (χ1) is 9.99. The van der Waals surface area contributed by atoms with Crippen molar-refractivity contribution in [1.82, 2.24) is 0 Å². The summed E-state index contributed by atoms with van der Waals surface area (Å²) in [5, 5.41) is 0. The van der Waals surface area contributed by atoms with Crippen LogP contribution in [0, 0.1) is 0 Å². The largest absolute Gasteiger partial charge is 0.508 e. The lowest BCUT2D eigenvalue weighted by molar-refractivity contribution is 0.0630. The average molecular weight is 308 g/mol. The lowest BCUT2D eigenvalue weighted by Crippen LogP contribution is -2.05. The Bertz CT molecular complexity index is 313. The predicted molar refractivity (Wildman–Crippen MR) is 67.8 cm³/mol. The number of carbonyl (C=O) groups is 3. The molecule has 0 aliphatic carbocycles. The smallest absolute Gasteiger partial charge is 0.435 e. The molecule has 1 unspecified atom stereocenters. The summed E-state index contributed by atoms with van der Waals surface area (Å²) in [6.07, 6.45) is -1.73. The molecule has 0 aromatic heterocycles. The third kappa shape index (κ3) is 11.3. The SMILES string of the molecule is CC1COC(=O)O1.CCOC(=O)OCC.O=C1OCCO1. The molecule has 2 aliphatic rings. The van der Waals surface area contributed by atoms with Crippen LogP contribution in [0.1, 0.15) is 20.8 Å². The van der Waals surface area contributed by atoms with Gasteiger partial charge in [-0.15, -0.1) is 0 Å². The van der Waals surface area contributed by atoms with Gasteiger partial charge in [0.1, 0.15) is 25.9 Å². The monoisotopic (exact) mass is 308 g/mol. The van der Waals surface area contributed by atoms with Crippen molar-refractivity contribution in [1.29, 1.82) is 0 Å². The zero-order valence-corrected chi connectivity index (χ0v) is 12.3. The number of hydrogen-bond donors (Lipinski definition) is 0. The normalized spacial score (nSPS) is 18.5. The van der Waals surface area contributed by atoms with Crippen LogP contribution < -0.4 is 0 Å². The fraction of sp³-hybridized carbons (Fsp3) is 0.750. The second-order valence-corrected chi connectivity index (χ2v) is 3.55. The predicted octanol–water partition coefficient (Wildman–Crippen LogP) is 1.87. The van der Waals surface area contributed by atoms with Gasteiger partial charge in [-0.2, -0.15) is 0 Å². The van der Waals surface area contributed by atoms with E-state index in [-0.39, 0.29) is 6.10 Å². The molecule has 0 bridgehead atoms. The summed E-state index contributed by atoms with van der Waals surface area (Å²) >= 11 is 0. The second-order valence-electron chi connectivity index (χ2n) is 3.55. The Morgan fingerprint density at radius 3 is 1.76 bits per heavy atom. The first kappa shape index (κ1) is 18.8. The Kier molecular flexibility index (Phi) is 10.4. The van der Waals surface area contributed by atoms with E-state index in [1.54, 1.807) is 20.8 Å². The molecule has 2 aliphatic heterocycles. The Morgan fingerprint density at radius 1 is 1.05 bits per heavy atom. The lowest BCUT2D eigenvalue weighted by Gasteiger charge is -1.98. The van der Waals surface area contributed by atoms with E-state index in [1.807, 2.05) is 0 Å². The van der Waals surface area contributed by atoms with Crippen molar-refractivity contribution < 1.29 is 42.8 Å². The molecule has 2 saturated heterocycles. The van der Waals surface area contributed by atoms with Gasteiger partial charge in [0, 0.05) is 0 Å². The number of ether oxygens (including phenoxy) is 6. The van der Waals surface area contributed by atoms with Crippen molar-refractivity contribution in [3.63, 3.8) is 0 Å². The lowest BCUT2D eigenvalue weighted by atomic mass is 10.5. The molecule has 2 fully saturated rings. The van der Waals surface area contributed by atoms with Crippen LogP contribution in [0.15, 0.2) is 0 Å². The van der Waals surface area contributed by atoms with E-state index in [4.69, 9.17) is 0 Å². The quantitative estimate of drug-likeness (QED) is 0.558. The molecule has 0 aromatic rings. The maximum Gasteiger partial charge on any atom is 0.508 e. The first-order valence-corrected chi connectivity index (χ1v) is 6.42. The zero-order valence-electron chi connectivity index (χ0n) is 12.3. The van der Waals surface area contributed by atoms with E-state index < -0.39 is 18.5 Å². The summed E-state index contributed by atoms with van der Waals surface area (Å²) in [6, 6.07) is 0. The summed E-state index contributed by atoms with van der Waals surface area (Å²) in [7, 11) is 0. The summed E-state index contributed by atoms with van der Waals surface area (Å²) < 4.78 is 26.3. The van der Waals surface area contributed by atoms with Crippen LogP contribution in [0.4, 0.5) is 14.4 Å². The molecule has 1 atom stereocenters. The van der Waals surface area contributed by atoms with E-state index in [9.17, 15) is 14.4 Å². The van der Waals surface area contributed by atoms with Crippen LogP contribution in [0.5, 0.6) is 0 Å². The van der Waals surface area contributed by atoms with Gasteiger partial charge >= 0.3 is 18.5 Å². The van der Waals surface area contributed by atoms with Crippen LogP contribution in [0.2, 0.25) is 0 Å². The van der Waals surface area contributed by atoms with Crippen molar-refractivity contribution in [2.24, 2.45) is 0 Å². The van der Waals surface area contributed by atoms with Crippen molar-refractivity contribution >= 4 is 18.5 Å². The van der Waals surface area contributed by atoms with Crippen LogP contribution in [-0.4, -0.2) is 57.6 Å². The molecule has 9 heteroatoms. The summed E-state index contributed by atoms with van der Waals surface area (Å²) in [4.78, 5) is 30.0. The molecule has 0 N–H and O–H groups in total. The van der Waals surface area contributed by atoms with Gasteiger partial charge in [-0.05, 0) is 20.8 Å². The van der Waals surface area contributed by atoms with Crippen molar-refractivity contribution in [3.8, 4) is 0 Å². The fourth-order valence-electron chi connectivity index (χ4n) is 0.987. The van der Waals surface area contributed by atoms with Gasteiger partial charge in [0.2, 0.25) is 0 Å². The highest BCUT2D eigenvalue weighted by Gasteiger charge is 2.19. The van der Waals surface area contributed by atoms with Crippen molar-refractivity contribution in [2.75, 3.05) is 33.0 Å². The Morgan fingerprint density at radius 2 is 1.57 bits per heavy atom. The van der Waals surface area contributed by atoms with Crippen molar-refractivity contribution in [3.05, 3.63) is 0 Å². The second kappa shape index (κ2) is 11.6. The Balaban J connectivity index is 0.000000288. The summed E-state index contributed by atoms with van der Waals surface area (Å²) in [5.74, 6) is 0. The molecule has 0 aromatic carbocycles. The Hall–Kier alpha value is -2.19. The molecule has 9 nitrogen and oxygen atoms in total.